The molecule has 0 unspecified atom stereocenters. The third kappa shape index (κ3) is 10.0. The summed E-state index contributed by atoms with van der Waals surface area (Å²) in [5.74, 6) is -1.06. The molecule has 0 aromatic rings. The van der Waals surface area contributed by atoms with Crippen LogP contribution in [-0.4, -0.2) is 80.4 Å². The van der Waals surface area contributed by atoms with Crippen LogP contribution in [0.1, 0.15) is 0 Å². The molecule has 2 amide bonds. The second-order valence-corrected chi connectivity index (χ2v) is 4.21. The summed E-state index contributed by atoms with van der Waals surface area (Å²) in [4.78, 5) is 25.4. The van der Waals surface area contributed by atoms with Crippen LogP contribution in [0.5, 0.6) is 0 Å². The number of urea groups is 1. The Balaban J connectivity index is 3.80. The van der Waals surface area contributed by atoms with Crippen molar-refractivity contribution in [2.24, 2.45) is 0 Å². The highest BCUT2D eigenvalue weighted by atomic mass is 16.5. The number of ether oxygens (including phenoxy) is 1. The minimum absolute atomic E-state index is 0.194. The van der Waals surface area contributed by atoms with Crippen molar-refractivity contribution in [3.8, 4) is 0 Å². The van der Waals surface area contributed by atoms with Gasteiger partial charge in [0, 0.05) is 19.6 Å². The second-order valence-electron chi connectivity index (χ2n) is 4.21. The Bertz CT molecular complexity index is 295. The number of aliphatic carboxylic acids is 1. The molecule has 7 nitrogen and oxygen atoms in total. The van der Waals surface area contributed by atoms with Crippen LogP contribution in [0.2, 0.25) is 0 Å². The van der Waals surface area contributed by atoms with Crippen molar-refractivity contribution in [3.63, 3.8) is 0 Å². The largest absolute Gasteiger partial charge is 0.480 e. The molecule has 0 aromatic carbocycles. The van der Waals surface area contributed by atoms with Crippen molar-refractivity contribution >= 4 is 12.0 Å². The van der Waals surface area contributed by atoms with Gasteiger partial charge in [0.2, 0.25) is 0 Å². The molecule has 7 heteroatoms. The minimum Gasteiger partial charge on any atom is -0.480 e. The maximum Gasteiger partial charge on any atom is 0.323 e. The Kier molecular flexibility index (Phi) is 9.46. The number of nitrogens with zero attached hydrogens (tertiary/aromatic N) is 2. The lowest BCUT2D eigenvalue weighted by molar-refractivity contribution is -0.137. The monoisotopic (exact) mass is 273 g/mol. The molecule has 0 saturated carbocycles. The molecule has 0 aliphatic heterocycles. The van der Waals surface area contributed by atoms with E-state index in [0.29, 0.717) is 19.8 Å². The van der Waals surface area contributed by atoms with Crippen LogP contribution in [-0.2, 0) is 9.53 Å². The number of hydrogen-bond acceptors (Lipinski definition) is 4. The van der Waals surface area contributed by atoms with Crippen LogP contribution in [0.4, 0.5) is 4.79 Å². The van der Waals surface area contributed by atoms with Crippen LogP contribution in [0, 0.1) is 0 Å². The van der Waals surface area contributed by atoms with E-state index in [-0.39, 0.29) is 13.1 Å². The van der Waals surface area contributed by atoms with E-state index < -0.39 is 12.0 Å². The van der Waals surface area contributed by atoms with Crippen molar-refractivity contribution in [2.75, 3.05) is 53.5 Å². The predicted molar refractivity (Wildman–Crippen MR) is 72.2 cm³/mol. The molecule has 2 N–H and O–H groups in total. The average molecular weight is 273 g/mol. The standard InChI is InChI=1S/C12H23N3O4/c1-4-6-15(10-11(16)17)12(18)13-5-8-19-9-7-14(2)3/h4H,1,5-10H2,2-3H3,(H,13,18)(H,16,17). The van der Waals surface area contributed by atoms with Crippen molar-refractivity contribution in [1.82, 2.24) is 15.1 Å². The van der Waals surface area contributed by atoms with Crippen molar-refractivity contribution < 1.29 is 19.4 Å². The molecule has 0 bridgehead atoms. The number of hydrogen-bond donors (Lipinski definition) is 2. The molecule has 19 heavy (non-hydrogen) atoms. The van der Waals surface area contributed by atoms with E-state index >= 15 is 0 Å². The van der Waals surface area contributed by atoms with Gasteiger partial charge < -0.3 is 25.0 Å². The van der Waals surface area contributed by atoms with E-state index in [1.54, 1.807) is 0 Å². The van der Waals surface area contributed by atoms with E-state index in [1.165, 1.54) is 6.08 Å². The quantitative estimate of drug-likeness (QED) is 0.427. The first kappa shape index (κ1) is 17.4. The Morgan fingerprint density at radius 2 is 2.05 bits per heavy atom. The summed E-state index contributed by atoms with van der Waals surface area (Å²) in [5, 5.41) is 11.3. The van der Waals surface area contributed by atoms with Gasteiger partial charge in [-0.1, -0.05) is 6.08 Å². The van der Waals surface area contributed by atoms with Gasteiger partial charge in [0.05, 0.1) is 13.2 Å². The van der Waals surface area contributed by atoms with Gasteiger partial charge in [-0.25, -0.2) is 4.79 Å². The molecule has 0 aromatic heterocycles. The van der Waals surface area contributed by atoms with Gasteiger partial charge in [-0.2, -0.15) is 0 Å². The molecule has 0 saturated heterocycles. The van der Waals surface area contributed by atoms with Gasteiger partial charge >= 0.3 is 12.0 Å². The van der Waals surface area contributed by atoms with Crippen molar-refractivity contribution in [2.45, 2.75) is 0 Å². The highest BCUT2D eigenvalue weighted by Crippen LogP contribution is 1.90. The summed E-state index contributed by atoms with van der Waals surface area (Å²) < 4.78 is 5.30. The first-order valence-corrected chi connectivity index (χ1v) is 6.05. The lowest BCUT2D eigenvalue weighted by atomic mass is 10.5. The van der Waals surface area contributed by atoms with Gasteiger partial charge in [0.15, 0.2) is 0 Å². The molecule has 0 spiro atoms. The maximum absolute atomic E-state index is 11.6. The van der Waals surface area contributed by atoms with Crippen LogP contribution < -0.4 is 5.32 Å². The Hall–Kier alpha value is -1.60. The molecule has 0 aliphatic carbocycles. The number of likely N-dealkylation sites (N-methyl/N-ethyl adjacent to an activating group) is 1. The zero-order valence-electron chi connectivity index (χ0n) is 11.6. The van der Waals surface area contributed by atoms with E-state index in [9.17, 15) is 9.59 Å². The molecular weight excluding hydrogens is 250 g/mol. The zero-order valence-corrected chi connectivity index (χ0v) is 11.6. The van der Waals surface area contributed by atoms with E-state index in [4.69, 9.17) is 9.84 Å². The van der Waals surface area contributed by atoms with Gasteiger partial charge in [0.1, 0.15) is 6.54 Å². The van der Waals surface area contributed by atoms with Crippen molar-refractivity contribution in [1.29, 1.82) is 0 Å². The smallest absolute Gasteiger partial charge is 0.323 e. The summed E-state index contributed by atoms with van der Waals surface area (Å²) in [6, 6.07) is -0.432. The number of rotatable bonds is 10. The number of nitrogens with one attached hydrogen (secondary N) is 1. The third-order valence-electron chi connectivity index (χ3n) is 2.17. The van der Waals surface area contributed by atoms with Crippen LogP contribution in [0.15, 0.2) is 12.7 Å². The molecular formula is C12H23N3O4. The Labute approximate surface area is 113 Å². The van der Waals surface area contributed by atoms with Gasteiger partial charge in [0.25, 0.3) is 0 Å². The second kappa shape index (κ2) is 10.3. The summed E-state index contributed by atoms with van der Waals surface area (Å²) in [7, 11) is 3.90. The first-order valence-electron chi connectivity index (χ1n) is 6.05. The molecule has 0 heterocycles. The summed E-state index contributed by atoms with van der Waals surface area (Å²) in [5.41, 5.74) is 0. The number of carboxylic acid groups (broad SMARTS) is 1. The summed E-state index contributed by atoms with van der Waals surface area (Å²) in [6.07, 6.45) is 1.48. The fourth-order valence-corrected chi connectivity index (χ4v) is 1.23. The zero-order chi connectivity index (χ0) is 14.7. The Morgan fingerprint density at radius 1 is 1.37 bits per heavy atom. The highest BCUT2D eigenvalue weighted by Gasteiger charge is 2.14. The minimum atomic E-state index is -1.06. The molecule has 0 radical (unpaired) electrons. The lowest BCUT2D eigenvalue weighted by Crippen LogP contribution is -2.43. The van der Waals surface area contributed by atoms with E-state index in [1.807, 2.05) is 19.0 Å². The SMILES string of the molecule is C=CCN(CC(=O)O)C(=O)NCCOCCN(C)C. The highest BCUT2D eigenvalue weighted by molar-refractivity contribution is 5.80. The molecule has 0 atom stereocenters. The molecule has 0 aliphatic rings. The fourth-order valence-electron chi connectivity index (χ4n) is 1.23. The van der Waals surface area contributed by atoms with Crippen LogP contribution in [0.25, 0.3) is 0 Å². The average Bonchev–Trinajstić information content (AvgIpc) is 2.31. The lowest BCUT2D eigenvalue weighted by Gasteiger charge is -2.19. The topological polar surface area (TPSA) is 82.1 Å². The first-order chi connectivity index (χ1) is 8.97. The van der Waals surface area contributed by atoms with Gasteiger partial charge in [-0.15, -0.1) is 6.58 Å². The number of amides is 2. The molecule has 110 valence electrons. The summed E-state index contributed by atoms with van der Waals surface area (Å²) in [6.45, 7) is 5.48. The Morgan fingerprint density at radius 3 is 2.58 bits per heavy atom. The van der Waals surface area contributed by atoms with Gasteiger partial charge in [-0.3, -0.25) is 4.79 Å². The number of carbonyl (C=O) groups is 2. The summed E-state index contributed by atoms with van der Waals surface area (Å²) >= 11 is 0. The fraction of sp³-hybridized carbons (Fsp3) is 0.667. The van der Waals surface area contributed by atoms with Crippen LogP contribution in [0.3, 0.4) is 0 Å². The van der Waals surface area contributed by atoms with Gasteiger partial charge in [-0.05, 0) is 14.1 Å². The van der Waals surface area contributed by atoms with Crippen molar-refractivity contribution in [3.05, 3.63) is 12.7 Å². The normalized spacial score (nSPS) is 10.3. The van der Waals surface area contributed by atoms with Crippen LogP contribution >= 0.6 is 0 Å². The predicted octanol–water partition coefficient (Wildman–Crippen LogP) is -0.153. The number of carbonyl (C=O) groups excluding carboxylic acids is 1. The molecule has 0 fully saturated rings. The maximum atomic E-state index is 11.6. The van der Waals surface area contributed by atoms with E-state index in [0.717, 1.165) is 11.4 Å². The molecule has 0 rings (SSSR count). The number of carboxylic acids is 1. The third-order valence-corrected chi connectivity index (χ3v) is 2.17. The van der Waals surface area contributed by atoms with E-state index in [2.05, 4.69) is 11.9 Å².